The summed E-state index contributed by atoms with van der Waals surface area (Å²) >= 11 is 0. The second kappa shape index (κ2) is 7.20. The third-order valence-electron chi connectivity index (χ3n) is 3.01. The van der Waals surface area contributed by atoms with E-state index in [2.05, 4.69) is 20.3 Å². The highest BCUT2D eigenvalue weighted by molar-refractivity contribution is 5.77. The second-order valence-corrected chi connectivity index (χ2v) is 4.58. The van der Waals surface area contributed by atoms with E-state index in [4.69, 9.17) is 9.47 Å². The molecule has 7 nitrogen and oxygen atoms in total. The first-order valence-electron chi connectivity index (χ1n) is 6.50. The maximum atomic E-state index is 11.5. The van der Waals surface area contributed by atoms with Gasteiger partial charge in [0.05, 0.1) is 19.3 Å². The van der Waals surface area contributed by atoms with Crippen molar-refractivity contribution in [2.24, 2.45) is 0 Å². The van der Waals surface area contributed by atoms with Gasteiger partial charge >= 0.3 is 0 Å². The van der Waals surface area contributed by atoms with E-state index in [1.807, 2.05) is 0 Å². The van der Waals surface area contributed by atoms with Crippen molar-refractivity contribution in [2.75, 3.05) is 19.8 Å². The van der Waals surface area contributed by atoms with Gasteiger partial charge in [-0.1, -0.05) is 10.3 Å². The van der Waals surface area contributed by atoms with E-state index in [1.165, 1.54) is 6.42 Å². The Bertz CT molecular complexity index is 401. The Labute approximate surface area is 111 Å². The average Bonchev–Trinajstić information content (AvgIpc) is 2.83. The number of ether oxygens (including phenoxy) is 2. The third kappa shape index (κ3) is 4.60. The predicted molar refractivity (Wildman–Crippen MR) is 65.3 cm³/mol. The predicted octanol–water partition coefficient (Wildman–Crippen LogP) is 0.580. The van der Waals surface area contributed by atoms with Crippen LogP contribution in [0, 0.1) is 6.92 Å². The summed E-state index contributed by atoms with van der Waals surface area (Å²) in [5, 5.41) is 10.0. The molecule has 0 bridgehead atoms. The molecule has 1 fully saturated rings. The van der Waals surface area contributed by atoms with E-state index in [0.717, 1.165) is 19.4 Å². The number of amides is 1. The summed E-state index contributed by atoms with van der Waals surface area (Å²) in [5.41, 5.74) is 1.31. The number of rotatable bonds is 6. The first-order chi connectivity index (χ1) is 9.25. The molecular weight excluding hydrogens is 250 g/mol. The molecule has 1 saturated heterocycles. The fraction of sp³-hybridized carbons (Fsp3) is 0.750. The van der Waals surface area contributed by atoms with Crippen LogP contribution in [0.15, 0.2) is 4.63 Å². The normalized spacial score (nSPS) is 19.3. The molecule has 106 valence electrons. The van der Waals surface area contributed by atoms with Gasteiger partial charge in [-0.25, -0.2) is 4.63 Å². The number of hydrogen-bond donors (Lipinski definition) is 1. The van der Waals surface area contributed by atoms with Gasteiger partial charge in [0.1, 0.15) is 18.0 Å². The summed E-state index contributed by atoms with van der Waals surface area (Å²) in [4.78, 5) is 11.5. The molecule has 0 aliphatic carbocycles. The van der Waals surface area contributed by atoms with Crippen LogP contribution in [0.5, 0.6) is 0 Å². The van der Waals surface area contributed by atoms with Crippen molar-refractivity contribution in [1.82, 2.24) is 15.6 Å². The van der Waals surface area contributed by atoms with Crippen LogP contribution >= 0.6 is 0 Å². The van der Waals surface area contributed by atoms with Gasteiger partial charge < -0.3 is 14.8 Å². The molecule has 0 radical (unpaired) electrons. The highest BCUT2D eigenvalue weighted by Gasteiger charge is 2.14. The van der Waals surface area contributed by atoms with Gasteiger partial charge in [-0.3, -0.25) is 4.79 Å². The Kier molecular flexibility index (Phi) is 5.29. The summed E-state index contributed by atoms with van der Waals surface area (Å²) < 4.78 is 15.4. The lowest BCUT2D eigenvalue weighted by molar-refractivity contribution is -0.128. The number of carbonyl (C=O) groups is 1. The first kappa shape index (κ1) is 14.0. The molecule has 2 rings (SSSR count). The van der Waals surface area contributed by atoms with Gasteiger partial charge in [0.15, 0.2) is 0 Å². The largest absolute Gasteiger partial charge is 0.376 e. The van der Waals surface area contributed by atoms with E-state index in [1.54, 1.807) is 6.92 Å². The fourth-order valence-electron chi connectivity index (χ4n) is 1.87. The maximum Gasteiger partial charge on any atom is 0.246 e. The molecule has 1 aromatic heterocycles. The summed E-state index contributed by atoms with van der Waals surface area (Å²) in [7, 11) is 0. The Morgan fingerprint density at radius 3 is 3.05 bits per heavy atom. The molecule has 1 aliphatic heterocycles. The third-order valence-corrected chi connectivity index (χ3v) is 3.01. The molecule has 1 aliphatic rings. The van der Waals surface area contributed by atoms with E-state index >= 15 is 0 Å². The summed E-state index contributed by atoms with van der Waals surface area (Å²) in [6, 6.07) is 0. The van der Waals surface area contributed by atoms with Gasteiger partial charge in [-0.15, -0.1) is 0 Å². The van der Waals surface area contributed by atoms with Crippen molar-refractivity contribution in [3.05, 3.63) is 11.4 Å². The molecule has 1 aromatic rings. The number of aromatic nitrogens is 2. The lowest BCUT2D eigenvalue weighted by atomic mass is 10.1. The number of carbonyl (C=O) groups excluding carboxylic acids is 1. The molecule has 0 aromatic carbocycles. The highest BCUT2D eigenvalue weighted by Crippen LogP contribution is 2.12. The number of nitrogens with one attached hydrogen (secondary N) is 1. The molecule has 0 saturated carbocycles. The average molecular weight is 269 g/mol. The van der Waals surface area contributed by atoms with Crippen LogP contribution in [0.4, 0.5) is 0 Å². The van der Waals surface area contributed by atoms with Crippen molar-refractivity contribution >= 4 is 5.91 Å². The Balaban J connectivity index is 1.58. The molecule has 1 N–H and O–H groups in total. The van der Waals surface area contributed by atoms with Crippen LogP contribution in [0.2, 0.25) is 0 Å². The zero-order valence-corrected chi connectivity index (χ0v) is 11.1. The molecule has 1 amide bonds. The molecule has 7 heteroatoms. The van der Waals surface area contributed by atoms with Crippen LogP contribution in [-0.4, -0.2) is 42.1 Å². The maximum absolute atomic E-state index is 11.5. The summed E-state index contributed by atoms with van der Waals surface area (Å²) in [6.45, 7) is 3.37. The van der Waals surface area contributed by atoms with Crippen molar-refractivity contribution in [1.29, 1.82) is 0 Å². The number of aryl methyl sites for hydroxylation is 1. The van der Waals surface area contributed by atoms with Crippen molar-refractivity contribution in [3.63, 3.8) is 0 Å². The number of hydrogen-bond acceptors (Lipinski definition) is 6. The van der Waals surface area contributed by atoms with Gasteiger partial charge in [0, 0.05) is 6.61 Å². The van der Waals surface area contributed by atoms with E-state index in [-0.39, 0.29) is 18.6 Å². The summed E-state index contributed by atoms with van der Waals surface area (Å²) in [5.74, 6) is -0.182. The van der Waals surface area contributed by atoms with E-state index in [0.29, 0.717) is 24.5 Å². The molecular formula is C12H19N3O4. The molecule has 19 heavy (non-hydrogen) atoms. The zero-order chi connectivity index (χ0) is 13.5. The van der Waals surface area contributed by atoms with E-state index in [9.17, 15) is 4.79 Å². The minimum absolute atomic E-state index is 0.0319. The van der Waals surface area contributed by atoms with Crippen molar-refractivity contribution in [3.8, 4) is 0 Å². The first-order valence-corrected chi connectivity index (χ1v) is 6.50. The van der Waals surface area contributed by atoms with Crippen molar-refractivity contribution in [2.45, 2.75) is 38.8 Å². The van der Waals surface area contributed by atoms with Crippen LogP contribution in [0.1, 0.15) is 30.7 Å². The van der Waals surface area contributed by atoms with Crippen LogP contribution < -0.4 is 5.32 Å². The van der Waals surface area contributed by atoms with E-state index < -0.39 is 0 Å². The van der Waals surface area contributed by atoms with Gasteiger partial charge in [0.2, 0.25) is 5.91 Å². The Hall–Kier alpha value is -1.47. The monoisotopic (exact) mass is 269 g/mol. The standard InChI is InChI=1S/C12H19N3O4/c1-9-11(15-19-14-9)6-13-12(16)8-17-7-10-4-2-3-5-18-10/h10H,2-8H2,1H3,(H,13,16)/t10-/m1/s1. The zero-order valence-electron chi connectivity index (χ0n) is 11.1. The minimum Gasteiger partial charge on any atom is -0.376 e. The van der Waals surface area contributed by atoms with Crippen LogP contribution in [0.25, 0.3) is 0 Å². The lowest BCUT2D eigenvalue weighted by Crippen LogP contribution is -2.30. The fourth-order valence-corrected chi connectivity index (χ4v) is 1.87. The SMILES string of the molecule is Cc1nonc1CNC(=O)COC[C@H]1CCCCO1. The number of nitrogens with zero attached hydrogens (tertiary/aromatic N) is 2. The molecule has 0 spiro atoms. The van der Waals surface area contributed by atoms with Gasteiger partial charge in [-0.05, 0) is 26.2 Å². The van der Waals surface area contributed by atoms with Gasteiger partial charge in [0.25, 0.3) is 0 Å². The van der Waals surface area contributed by atoms with Crippen LogP contribution in [0.3, 0.4) is 0 Å². The Morgan fingerprint density at radius 1 is 1.47 bits per heavy atom. The van der Waals surface area contributed by atoms with Crippen LogP contribution in [-0.2, 0) is 20.8 Å². The smallest absolute Gasteiger partial charge is 0.246 e. The molecule has 1 atom stereocenters. The Morgan fingerprint density at radius 2 is 2.37 bits per heavy atom. The second-order valence-electron chi connectivity index (χ2n) is 4.58. The highest BCUT2D eigenvalue weighted by atomic mass is 16.6. The molecule has 0 unspecified atom stereocenters. The van der Waals surface area contributed by atoms with Crippen molar-refractivity contribution < 1.29 is 18.9 Å². The minimum atomic E-state index is -0.182. The lowest BCUT2D eigenvalue weighted by Gasteiger charge is -2.22. The topological polar surface area (TPSA) is 86.5 Å². The summed E-state index contributed by atoms with van der Waals surface area (Å²) in [6.07, 6.45) is 3.41. The van der Waals surface area contributed by atoms with Gasteiger partial charge in [-0.2, -0.15) is 0 Å². The quantitative estimate of drug-likeness (QED) is 0.813. The molecule has 2 heterocycles.